The van der Waals surface area contributed by atoms with Gasteiger partial charge in [-0.05, 0) is 54.3 Å². The number of rotatable bonds is 8. The molecule has 0 unspecified atom stereocenters. The van der Waals surface area contributed by atoms with Crippen LogP contribution in [0.2, 0.25) is 5.02 Å². The van der Waals surface area contributed by atoms with Crippen LogP contribution in [0.1, 0.15) is 38.7 Å². The number of nitrogens with zero attached hydrogens (tertiary/aromatic N) is 4. The molecule has 0 fully saturated rings. The quantitative estimate of drug-likeness (QED) is 0.455. The van der Waals surface area contributed by atoms with E-state index in [0.29, 0.717) is 51.7 Å². The van der Waals surface area contributed by atoms with E-state index in [4.69, 9.17) is 17.3 Å². The van der Waals surface area contributed by atoms with Crippen molar-refractivity contribution in [2.24, 2.45) is 17.8 Å². The number of carbonyl (C=O) groups is 1. The molecule has 3 aromatic rings. The molecule has 0 saturated heterocycles. The molecular weight excluding hydrogens is 506 g/mol. The number of amides is 1. The van der Waals surface area contributed by atoms with Crippen molar-refractivity contribution in [1.29, 1.82) is 0 Å². The van der Waals surface area contributed by atoms with Gasteiger partial charge in [0, 0.05) is 37.7 Å². The molecule has 9 nitrogen and oxygen atoms in total. The second-order valence-electron chi connectivity index (χ2n) is 9.39. The second-order valence-corrected chi connectivity index (χ2v) is 9.79. The number of aryl methyl sites for hydroxylation is 1. The van der Waals surface area contributed by atoms with Gasteiger partial charge in [-0.1, -0.05) is 31.5 Å². The van der Waals surface area contributed by atoms with Crippen LogP contribution >= 0.6 is 11.6 Å². The molecule has 1 amide bonds. The number of amidine groups is 1. The van der Waals surface area contributed by atoms with Crippen molar-refractivity contribution in [3.8, 4) is 11.1 Å². The minimum Gasteiger partial charge on any atom is -0.395 e. The van der Waals surface area contributed by atoms with Crippen LogP contribution in [0.3, 0.4) is 0 Å². The van der Waals surface area contributed by atoms with E-state index < -0.39 is 11.2 Å². The first kappa shape index (κ1) is 27.3. The van der Waals surface area contributed by atoms with E-state index >= 15 is 0 Å². The molecule has 4 rings (SSSR count). The zero-order valence-corrected chi connectivity index (χ0v) is 22.6. The Labute approximate surface area is 225 Å². The van der Waals surface area contributed by atoms with Crippen LogP contribution in [0.15, 0.2) is 50.5 Å². The Hall–Kier alpha value is -3.69. The monoisotopic (exact) mass is 537 g/mol. The lowest BCUT2D eigenvalue weighted by atomic mass is 9.99. The Kier molecular flexibility index (Phi) is 8.18. The molecule has 2 aromatic carbocycles. The number of aliphatic hydroxyl groups excluding tert-OH is 1. The van der Waals surface area contributed by atoms with Crippen molar-refractivity contribution in [2.45, 2.75) is 39.7 Å². The van der Waals surface area contributed by atoms with Gasteiger partial charge in [-0.25, -0.2) is 9.79 Å². The van der Waals surface area contributed by atoms with Crippen LogP contribution in [-0.4, -0.2) is 50.6 Å². The largest absolute Gasteiger partial charge is 0.395 e. The second kappa shape index (κ2) is 11.4. The van der Waals surface area contributed by atoms with Gasteiger partial charge in [-0.2, -0.15) is 0 Å². The maximum atomic E-state index is 13.3. The van der Waals surface area contributed by atoms with E-state index in [-0.39, 0.29) is 25.5 Å². The average Bonchev–Trinajstić information content (AvgIpc) is 3.07. The first-order valence-electron chi connectivity index (χ1n) is 12.7. The van der Waals surface area contributed by atoms with Crippen LogP contribution in [0.25, 0.3) is 28.1 Å². The number of hydrogen-bond donors (Lipinski definition) is 2. The molecule has 2 heterocycles. The number of aromatic nitrogens is 2. The highest BCUT2D eigenvalue weighted by atomic mass is 35.5. The number of halogens is 1. The normalized spacial score (nSPS) is 13.1. The highest BCUT2D eigenvalue weighted by Crippen LogP contribution is 2.37. The molecular formula is C28H32ClN5O4. The van der Waals surface area contributed by atoms with Crippen LogP contribution < -0.4 is 17.0 Å². The highest BCUT2D eigenvalue weighted by Gasteiger charge is 2.22. The van der Waals surface area contributed by atoms with Gasteiger partial charge in [0.05, 0.1) is 34.8 Å². The maximum Gasteiger partial charge on any atom is 0.331 e. The molecule has 3 N–H and O–H groups in total. The lowest BCUT2D eigenvalue weighted by Gasteiger charge is -2.22. The van der Waals surface area contributed by atoms with E-state index in [2.05, 4.69) is 4.99 Å². The molecule has 1 aliphatic rings. The van der Waals surface area contributed by atoms with Crippen LogP contribution in [-0.2, 0) is 18.4 Å². The third-order valence-electron chi connectivity index (χ3n) is 6.62. The van der Waals surface area contributed by atoms with E-state index in [1.54, 1.807) is 37.4 Å². The number of benzene rings is 2. The summed E-state index contributed by atoms with van der Waals surface area (Å²) in [6, 6.07) is 8.79. The number of fused-ring (bicyclic) bond motifs is 2. The molecule has 0 atom stereocenters. The SMILES string of the molecule is CCCN(CCC)C(=O)C1=Cc2c(Cl)cc(-c3ccc4c(=O)n(CCO)c(=O)n(C)c4c3)cc2N=C(N)C1. The van der Waals surface area contributed by atoms with Crippen molar-refractivity contribution < 1.29 is 9.90 Å². The van der Waals surface area contributed by atoms with E-state index in [9.17, 15) is 19.5 Å². The van der Waals surface area contributed by atoms with Gasteiger partial charge in [0.25, 0.3) is 5.56 Å². The summed E-state index contributed by atoms with van der Waals surface area (Å²) in [7, 11) is 1.58. The molecule has 10 heteroatoms. The number of hydrogen-bond acceptors (Lipinski definition) is 6. The average molecular weight is 538 g/mol. The lowest BCUT2D eigenvalue weighted by Crippen LogP contribution is -2.39. The van der Waals surface area contributed by atoms with Gasteiger partial charge < -0.3 is 15.7 Å². The Morgan fingerprint density at radius 1 is 1.13 bits per heavy atom. The molecule has 0 saturated carbocycles. The summed E-state index contributed by atoms with van der Waals surface area (Å²) in [6.45, 7) is 5.02. The maximum absolute atomic E-state index is 13.3. The zero-order valence-electron chi connectivity index (χ0n) is 21.8. The summed E-state index contributed by atoms with van der Waals surface area (Å²) in [5, 5.41) is 10.0. The molecule has 0 radical (unpaired) electrons. The minimum atomic E-state index is -0.506. The summed E-state index contributed by atoms with van der Waals surface area (Å²) in [6.07, 6.45) is 3.71. The van der Waals surface area contributed by atoms with Crippen LogP contribution in [0.4, 0.5) is 5.69 Å². The van der Waals surface area contributed by atoms with E-state index in [1.165, 1.54) is 4.57 Å². The number of aliphatic imine (C=N–C) groups is 1. The predicted molar refractivity (Wildman–Crippen MR) is 152 cm³/mol. The predicted octanol–water partition coefficient (Wildman–Crippen LogP) is 3.44. The minimum absolute atomic E-state index is 0.0675. The first-order valence-corrected chi connectivity index (χ1v) is 13.1. The topological polar surface area (TPSA) is 123 Å². The third-order valence-corrected chi connectivity index (χ3v) is 6.93. The van der Waals surface area contributed by atoms with Gasteiger partial charge in [0.1, 0.15) is 5.84 Å². The summed E-state index contributed by atoms with van der Waals surface area (Å²) in [5.74, 6) is 0.247. The van der Waals surface area contributed by atoms with Crippen molar-refractivity contribution >= 4 is 46.0 Å². The fourth-order valence-electron chi connectivity index (χ4n) is 4.80. The molecule has 1 aliphatic heterocycles. The molecule has 0 aliphatic carbocycles. The van der Waals surface area contributed by atoms with Gasteiger partial charge in [-0.3, -0.25) is 18.7 Å². The summed E-state index contributed by atoms with van der Waals surface area (Å²) >= 11 is 6.73. The van der Waals surface area contributed by atoms with Crippen molar-refractivity contribution in [1.82, 2.24) is 14.0 Å². The van der Waals surface area contributed by atoms with E-state index in [0.717, 1.165) is 28.5 Å². The summed E-state index contributed by atoms with van der Waals surface area (Å²) < 4.78 is 2.40. The summed E-state index contributed by atoms with van der Waals surface area (Å²) in [5.41, 5.74) is 8.88. The highest BCUT2D eigenvalue weighted by molar-refractivity contribution is 6.33. The van der Waals surface area contributed by atoms with Gasteiger partial charge in [0.15, 0.2) is 0 Å². The van der Waals surface area contributed by atoms with E-state index in [1.807, 2.05) is 24.8 Å². The summed E-state index contributed by atoms with van der Waals surface area (Å²) in [4.78, 5) is 45.2. The lowest BCUT2D eigenvalue weighted by molar-refractivity contribution is -0.127. The van der Waals surface area contributed by atoms with Crippen LogP contribution in [0, 0.1) is 0 Å². The van der Waals surface area contributed by atoms with Gasteiger partial charge in [0.2, 0.25) is 5.91 Å². The smallest absolute Gasteiger partial charge is 0.331 e. The van der Waals surface area contributed by atoms with Crippen LogP contribution in [0.5, 0.6) is 0 Å². The fourth-order valence-corrected chi connectivity index (χ4v) is 5.07. The van der Waals surface area contributed by atoms with Crippen molar-refractivity contribution in [2.75, 3.05) is 19.7 Å². The Morgan fingerprint density at radius 2 is 1.84 bits per heavy atom. The Bertz CT molecular complexity index is 1580. The molecule has 0 spiro atoms. The fraction of sp³-hybridized carbons (Fsp3) is 0.357. The standard InChI is InChI=1S/C28H32ClN5O4/c1-4-8-33(9-5-2)26(36)19-12-21-22(29)13-18(14-23(21)31-25(30)16-19)17-6-7-20-24(15-17)32(3)28(38)34(10-11-35)27(20)37/h6-7,12-15,35H,4-5,8-11,16H2,1-3H3,(H2,30,31). The van der Waals surface area contributed by atoms with Gasteiger partial charge in [-0.15, -0.1) is 0 Å². The zero-order chi connectivity index (χ0) is 27.6. The molecule has 0 bridgehead atoms. The molecule has 1 aromatic heterocycles. The Balaban J connectivity index is 1.81. The van der Waals surface area contributed by atoms with Gasteiger partial charge >= 0.3 is 5.69 Å². The number of aliphatic hydroxyl groups is 1. The first-order chi connectivity index (χ1) is 18.2. The molecule has 38 heavy (non-hydrogen) atoms. The number of carbonyl (C=O) groups excluding carboxylic acids is 1. The number of nitrogens with two attached hydrogens (primary N) is 1. The van der Waals surface area contributed by atoms with Crippen molar-refractivity contribution in [3.05, 3.63) is 67.3 Å². The Morgan fingerprint density at radius 3 is 2.50 bits per heavy atom. The third kappa shape index (κ3) is 5.16. The van der Waals surface area contributed by atoms with Crippen molar-refractivity contribution in [3.63, 3.8) is 0 Å². The molecule has 200 valence electrons.